The average molecular weight is 1030 g/mol. The number of carbonyl (C=O) groups is 11. The van der Waals surface area contributed by atoms with Crippen molar-refractivity contribution in [2.24, 2.45) is 28.1 Å². The van der Waals surface area contributed by atoms with Crippen LogP contribution >= 0.6 is 0 Å². The number of aromatic amines is 1. The van der Waals surface area contributed by atoms with Crippen LogP contribution in [0.15, 0.2) is 41.8 Å². The van der Waals surface area contributed by atoms with Crippen LogP contribution in [0.5, 0.6) is 5.75 Å². The second-order valence-corrected chi connectivity index (χ2v) is 16.7. The van der Waals surface area contributed by atoms with Crippen LogP contribution in [0.3, 0.4) is 0 Å². The molecule has 73 heavy (non-hydrogen) atoms. The van der Waals surface area contributed by atoms with E-state index in [-0.39, 0.29) is 62.0 Å². The lowest BCUT2D eigenvalue weighted by atomic mass is 10.0. The molecule has 30 heteroatoms. The first-order valence-corrected chi connectivity index (χ1v) is 22.6. The minimum Gasteiger partial charge on any atom is -0.508 e. The van der Waals surface area contributed by atoms with E-state index in [9.17, 15) is 78.3 Å². The summed E-state index contributed by atoms with van der Waals surface area (Å²) < 4.78 is 0. The van der Waals surface area contributed by atoms with Crippen LogP contribution in [0.25, 0.3) is 0 Å². The molecule has 1 aromatic heterocycles. The quantitative estimate of drug-likeness (QED) is 0.0180. The summed E-state index contributed by atoms with van der Waals surface area (Å²) in [5.41, 5.74) is 16.9. The Balaban J connectivity index is 2.36. The van der Waals surface area contributed by atoms with Crippen molar-refractivity contribution in [2.45, 2.75) is 108 Å². The highest BCUT2D eigenvalue weighted by Gasteiger charge is 2.34. The van der Waals surface area contributed by atoms with Crippen molar-refractivity contribution >= 4 is 71.1 Å². The van der Waals surface area contributed by atoms with Crippen LogP contribution < -0.4 is 59.7 Å². The lowest BCUT2D eigenvalue weighted by molar-refractivity contribution is -0.143. The molecule has 0 radical (unpaired) electrons. The summed E-state index contributed by atoms with van der Waals surface area (Å²) >= 11 is 0. The number of aliphatic carboxylic acids is 3. The van der Waals surface area contributed by atoms with Crippen molar-refractivity contribution in [3.05, 3.63) is 48.0 Å². The first-order valence-electron chi connectivity index (χ1n) is 22.6. The van der Waals surface area contributed by atoms with Gasteiger partial charge in [-0.1, -0.05) is 26.0 Å². The third-order valence-corrected chi connectivity index (χ3v) is 10.3. The summed E-state index contributed by atoms with van der Waals surface area (Å²) in [5, 5.41) is 66.2. The molecule has 402 valence electrons. The maximum absolute atomic E-state index is 13.8. The number of phenols is 1. The summed E-state index contributed by atoms with van der Waals surface area (Å²) in [5.74, 6) is -13.3. The molecule has 1 heterocycles. The fourth-order valence-corrected chi connectivity index (χ4v) is 6.63. The number of benzene rings is 1. The van der Waals surface area contributed by atoms with Crippen molar-refractivity contribution in [1.82, 2.24) is 52.5 Å². The minimum absolute atomic E-state index is 0.00279. The second-order valence-electron chi connectivity index (χ2n) is 16.7. The number of carbonyl (C=O) groups excluding carboxylic acids is 8. The molecule has 8 amide bonds. The molecule has 2 aromatic rings. The zero-order chi connectivity index (χ0) is 54.8. The van der Waals surface area contributed by atoms with Crippen LogP contribution in [0, 0.1) is 5.92 Å². The number of carboxylic acid groups (broad SMARTS) is 3. The van der Waals surface area contributed by atoms with E-state index < -0.39 is 146 Å². The number of amides is 8. The van der Waals surface area contributed by atoms with Crippen LogP contribution in [-0.2, 0) is 65.6 Å². The zero-order valence-corrected chi connectivity index (χ0v) is 39.9. The number of aliphatic hydroxyl groups excluding tert-OH is 1. The van der Waals surface area contributed by atoms with E-state index in [1.54, 1.807) is 13.8 Å². The van der Waals surface area contributed by atoms with Gasteiger partial charge in [0.1, 0.15) is 48.0 Å². The first-order chi connectivity index (χ1) is 34.4. The van der Waals surface area contributed by atoms with Gasteiger partial charge in [0, 0.05) is 37.7 Å². The third kappa shape index (κ3) is 23.4. The molecule has 7 atom stereocenters. The Bertz CT molecular complexity index is 2260. The smallest absolute Gasteiger partial charge is 0.328 e. The maximum Gasteiger partial charge on any atom is 0.328 e. The normalized spacial score (nSPS) is 13.7. The number of hydrogen-bond acceptors (Lipinski definition) is 16. The number of H-pyrrole nitrogens is 1. The Morgan fingerprint density at radius 2 is 1.19 bits per heavy atom. The van der Waals surface area contributed by atoms with Gasteiger partial charge in [-0.2, -0.15) is 0 Å². The molecule has 0 fully saturated rings. The SMILES string of the molecule is CC(C)C[C@H](NC(=O)CN)C(=O)N[C@@H](Cc1ccc(O)cc1)C(=O)N[C@@H](CC(=O)O)C(=O)NCC(=O)N[C@@H](CCCN=C(N)N)C(=O)N[C@@H](CCC(=O)O)C(=O)N[C@@H](Cc1cnc[nH]1)C(=O)N[C@@H](CO)C(=O)O. The number of aliphatic hydroxyl groups is 1. The fraction of sp³-hybridized carbons (Fsp3) is 0.512. The number of phenolic OH excluding ortho intramolecular Hbond substituents is 1. The molecular weight excluding hydrogens is 969 g/mol. The monoisotopic (exact) mass is 1030 g/mol. The average Bonchev–Trinajstić information content (AvgIpc) is 3.84. The van der Waals surface area contributed by atoms with Gasteiger partial charge in [0.2, 0.25) is 47.3 Å². The van der Waals surface area contributed by atoms with Crippen LogP contribution in [-0.4, -0.2) is 175 Å². The van der Waals surface area contributed by atoms with Crippen molar-refractivity contribution in [1.29, 1.82) is 0 Å². The number of carboxylic acids is 3. The molecule has 0 saturated heterocycles. The maximum atomic E-state index is 13.8. The molecule has 0 saturated carbocycles. The van der Waals surface area contributed by atoms with E-state index in [0.717, 1.165) is 0 Å². The van der Waals surface area contributed by atoms with Crippen molar-refractivity contribution in [2.75, 3.05) is 26.2 Å². The molecule has 0 bridgehead atoms. The minimum atomic E-state index is -1.88. The van der Waals surface area contributed by atoms with Crippen LogP contribution in [0.2, 0.25) is 0 Å². The summed E-state index contributed by atoms with van der Waals surface area (Å²) in [6.07, 6.45) is -0.509. The lowest BCUT2D eigenvalue weighted by Gasteiger charge is -2.26. The molecule has 20 N–H and O–H groups in total. The highest BCUT2D eigenvalue weighted by molar-refractivity contribution is 5.98. The molecule has 0 spiro atoms. The predicted molar refractivity (Wildman–Crippen MR) is 253 cm³/mol. The van der Waals surface area contributed by atoms with Gasteiger partial charge in [0.05, 0.1) is 32.4 Å². The number of nitrogens with zero attached hydrogens (tertiary/aromatic N) is 2. The molecule has 2 rings (SSSR count). The Hall–Kier alpha value is -8.41. The van der Waals surface area contributed by atoms with Gasteiger partial charge in [-0.3, -0.25) is 52.9 Å². The van der Waals surface area contributed by atoms with Gasteiger partial charge in [0.15, 0.2) is 5.96 Å². The number of aromatic nitrogens is 2. The largest absolute Gasteiger partial charge is 0.508 e. The van der Waals surface area contributed by atoms with Crippen LogP contribution in [0.1, 0.15) is 63.6 Å². The standard InChI is InChI=1S/C43H64N14O16/c1-21(2)12-27(52-32(60)16-44)39(69)54-28(13-22-5-7-24(59)8-6-22)40(70)56-30(15-35(64)65)36(66)49-18-33(61)51-25(4-3-11-48-43(45)46)37(67)53-26(9-10-34(62)63)38(68)55-29(14-23-17-47-20-50-23)41(71)57-31(19-58)42(72)73/h5-8,17,20-21,25-31,58-59H,3-4,9-16,18-19,44H2,1-2H3,(H,47,50)(H,49,66)(H,51,61)(H,52,60)(H,53,67)(H,54,69)(H,55,68)(H,56,70)(H,57,71)(H,62,63)(H,64,65)(H,72,73)(H4,45,46,48)/t25-,26-,27-,28-,29-,30-,31-/m0/s1. The van der Waals surface area contributed by atoms with Crippen molar-refractivity contribution in [3.63, 3.8) is 0 Å². The number of nitrogens with one attached hydrogen (secondary N) is 9. The predicted octanol–water partition coefficient (Wildman–Crippen LogP) is -6.11. The number of imidazole rings is 1. The molecule has 0 aliphatic heterocycles. The van der Waals surface area contributed by atoms with E-state index in [1.165, 1.54) is 36.8 Å². The molecule has 30 nitrogen and oxygen atoms in total. The van der Waals surface area contributed by atoms with E-state index >= 15 is 0 Å². The highest BCUT2D eigenvalue weighted by atomic mass is 16.4. The van der Waals surface area contributed by atoms with Gasteiger partial charge < -0.3 is 90.3 Å². The van der Waals surface area contributed by atoms with Gasteiger partial charge in [0.25, 0.3) is 0 Å². The number of aliphatic imine (C=N–C) groups is 1. The summed E-state index contributed by atoms with van der Waals surface area (Å²) in [6.45, 7) is 1.04. The Labute approximate surface area is 416 Å². The number of guanidine groups is 1. The van der Waals surface area contributed by atoms with E-state index in [4.69, 9.17) is 17.2 Å². The Morgan fingerprint density at radius 1 is 0.658 bits per heavy atom. The summed E-state index contributed by atoms with van der Waals surface area (Å²) in [7, 11) is 0. The van der Waals surface area contributed by atoms with E-state index in [0.29, 0.717) is 5.56 Å². The summed E-state index contributed by atoms with van der Waals surface area (Å²) in [4.78, 5) is 153. The zero-order valence-electron chi connectivity index (χ0n) is 39.9. The number of nitrogens with two attached hydrogens (primary N) is 3. The van der Waals surface area contributed by atoms with E-state index in [2.05, 4.69) is 57.5 Å². The molecular formula is C43H64N14O16. The summed E-state index contributed by atoms with van der Waals surface area (Å²) in [6, 6.07) is -5.74. The highest BCUT2D eigenvalue weighted by Crippen LogP contribution is 2.13. The van der Waals surface area contributed by atoms with E-state index in [1.807, 2.05) is 0 Å². The molecule has 0 aliphatic rings. The van der Waals surface area contributed by atoms with Gasteiger partial charge >= 0.3 is 17.9 Å². The van der Waals surface area contributed by atoms with Gasteiger partial charge in [-0.15, -0.1) is 0 Å². The fourth-order valence-electron chi connectivity index (χ4n) is 6.63. The van der Waals surface area contributed by atoms with Gasteiger partial charge in [-0.25, -0.2) is 9.78 Å². The lowest BCUT2D eigenvalue weighted by Crippen LogP contribution is -2.59. The van der Waals surface area contributed by atoms with Crippen molar-refractivity contribution < 1.29 is 78.3 Å². The van der Waals surface area contributed by atoms with Gasteiger partial charge in [-0.05, 0) is 49.3 Å². The first kappa shape index (κ1) is 60.7. The van der Waals surface area contributed by atoms with Crippen molar-refractivity contribution in [3.8, 4) is 5.75 Å². The number of aromatic hydroxyl groups is 1. The molecule has 1 aromatic carbocycles. The topological polar surface area (TPSA) is 504 Å². The Kier molecular flexibility index (Phi) is 25.8. The molecule has 0 unspecified atom stereocenters. The Morgan fingerprint density at radius 3 is 1.71 bits per heavy atom. The third-order valence-electron chi connectivity index (χ3n) is 10.3. The molecule has 0 aliphatic carbocycles. The number of hydrogen-bond donors (Lipinski definition) is 17. The van der Waals surface area contributed by atoms with Crippen LogP contribution in [0.4, 0.5) is 0 Å². The number of rotatable bonds is 33. The second kappa shape index (κ2) is 31.0.